The van der Waals surface area contributed by atoms with Gasteiger partial charge in [-0.25, -0.2) is 0 Å². The van der Waals surface area contributed by atoms with Gasteiger partial charge in [0.05, 0.1) is 12.8 Å². The number of carbonyl (C=O) groups is 1. The van der Waals surface area contributed by atoms with Crippen LogP contribution in [0.2, 0.25) is 0 Å². The first-order valence-corrected chi connectivity index (χ1v) is 6.27. The number of nitrogens with two attached hydrogens (primary N) is 1. The summed E-state index contributed by atoms with van der Waals surface area (Å²) >= 11 is 0. The number of ketones is 1. The molecule has 0 spiro atoms. The average Bonchev–Trinajstić information content (AvgIpc) is 2.46. The van der Waals surface area contributed by atoms with E-state index in [9.17, 15) is 4.79 Å². The maximum absolute atomic E-state index is 12.1. The maximum atomic E-state index is 12.1. The first-order valence-electron chi connectivity index (χ1n) is 6.27. The molecule has 0 aliphatic carbocycles. The average molecular weight is 271 g/mol. The standard InChI is InChI=1S/C16H17NO3/c1-11-9-12(7-8-15(11)19-2)14(18)10-20-16-6-4-3-5-13(16)17/h3-9H,10,17H2,1-2H3. The van der Waals surface area contributed by atoms with Crippen molar-refractivity contribution in [2.75, 3.05) is 19.5 Å². The Morgan fingerprint density at radius 1 is 1.15 bits per heavy atom. The third kappa shape index (κ3) is 3.09. The van der Waals surface area contributed by atoms with Crippen LogP contribution in [-0.2, 0) is 0 Å². The Morgan fingerprint density at radius 2 is 1.90 bits per heavy atom. The number of hydrogen-bond donors (Lipinski definition) is 1. The molecular weight excluding hydrogens is 254 g/mol. The molecule has 2 N–H and O–H groups in total. The van der Waals surface area contributed by atoms with E-state index < -0.39 is 0 Å². The Hall–Kier alpha value is -2.49. The SMILES string of the molecule is COc1ccc(C(=O)COc2ccccc2N)cc1C. The normalized spacial score (nSPS) is 10.1. The highest BCUT2D eigenvalue weighted by Gasteiger charge is 2.10. The van der Waals surface area contributed by atoms with Crippen LogP contribution in [0.4, 0.5) is 5.69 Å². The zero-order valence-corrected chi connectivity index (χ0v) is 11.6. The summed E-state index contributed by atoms with van der Waals surface area (Å²) in [6.45, 7) is 1.85. The number of nitrogen functional groups attached to an aromatic ring is 1. The molecule has 0 heterocycles. The van der Waals surface area contributed by atoms with Crippen LogP contribution < -0.4 is 15.2 Å². The van der Waals surface area contributed by atoms with Crippen molar-refractivity contribution in [1.82, 2.24) is 0 Å². The number of aryl methyl sites for hydroxylation is 1. The van der Waals surface area contributed by atoms with Gasteiger partial charge in [0.25, 0.3) is 0 Å². The van der Waals surface area contributed by atoms with Gasteiger partial charge in [-0.15, -0.1) is 0 Å². The van der Waals surface area contributed by atoms with Gasteiger partial charge in [0.15, 0.2) is 12.4 Å². The molecule has 0 aliphatic rings. The van der Waals surface area contributed by atoms with Crippen LogP contribution in [0.15, 0.2) is 42.5 Å². The van der Waals surface area contributed by atoms with Gasteiger partial charge in [-0.05, 0) is 42.8 Å². The van der Waals surface area contributed by atoms with Gasteiger partial charge in [0.1, 0.15) is 11.5 Å². The molecule has 104 valence electrons. The van der Waals surface area contributed by atoms with Gasteiger partial charge in [-0.3, -0.25) is 4.79 Å². The van der Waals surface area contributed by atoms with Crippen molar-refractivity contribution in [3.05, 3.63) is 53.6 Å². The van der Waals surface area contributed by atoms with E-state index in [2.05, 4.69) is 0 Å². The molecule has 0 aliphatic heterocycles. The second kappa shape index (κ2) is 6.10. The highest BCUT2D eigenvalue weighted by atomic mass is 16.5. The van der Waals surface area contributed by atoms with E-state index in [1.165, 1.54) is 0 Å². The van der Waals surface area contributed by atoms with Crippen molar-refractivity contribution < 1.29 is 14.3 Å². The smallest absolute Gasteiger partial charge is 0.200 e. The Labute approximate surface area is 118 Å². The van der Waals surface area contributed by atoms with Crippen LogP contribution in [0.5, 0.6) is 11.5 Å². The van der Waals surface area contributed by atoms with Crippen molar-refractivity contribution in [2.45, 2.75) is 6.92 Å². The molecule has 4 heteroatoms. The van der Waals surface area contributed by atoms with Crippen molar-refractivity contribution in [3.8, 4) is 11.5 Å². The van der Waals surface area contributed by atoms with Crippen LogP contribution >= 0.6 is 0 Å². The fourth-order valence-electron chi connectivity index (χ4n) is 1.89. The predicted octanol–water partition coefficient (Wildman–Crippen LogP) is 2.85. The number of benzene rings is 2. The van der Waals surface area contributed by atoms with Gasteiger partial charge in [-0.1, -0.05) is 12.1 Å². The van der Waals surface area contributed by atoms with Crippen LogP contribution in [0.1, 0.15) is 15.9 Å². The van der Waals surface area contributed by atoms with E-state index in [1.807, 2.05) is 19.1 Å². The van der Waals surface area contributed by atoms with E-state index >= 15 is 0 Å². The number of methoxy groups -OCH3 is 1. The van der Waals surface area contributed by atoms with Crippen molar-refractivity contribution >= 4 is 11.5 Å². The van der Waals surface area contributed by atoms with Crippen LogP contribution in [0.3, 0.4) is 0 Å². The van der Waals surface area contributed by atoms with Crippen molar-refractivity contribution in [3.63, 3.8) is 0 Å². The number of rotatable bonds is 5. The first-order chi connectivity index (χ1) is 9.61. The molecule has 0 aromatic heterocycles. The number of Topliss-reactive ketones (excluding diaryl/α,β-unsaturated/α-hetero) is 1. The summed E-state index contributed by atoms with van der Waals surface area (Å²) in [7, 11) is 1.60. The lowest BCUT2D eigenvalue weighted by atomic mass is 10.1. The molecule has 2 rings (SSSR count). The fraction of sp³-hybridized carbons (Fsp3) is 0.188. The van der Waals surface area contributed by atoms with Gasteiger partial charge < -0.3 is 15.2 Å². The minimum atomic E-state index is -0.0981. The third-order valence-electron chi connectivity index (χ3n) is 2.99. The van der Waals surface area contributed by atoms with Gasteiger partial charge in [0.2, 0.25) is 0 Å². The second-order valence-corrected chi connectivity index (χ2v) is 4.43. The molecule has 0 radical (unpaired) electrons. The minimum Gasteiger partial charge on any atom is -0.496 e. The van der Waals surface area contributed by atoms with Crippen LogP contribution in [0, 0.1) is 6.92 Å². The number of para-hydroxylation sites is 2. The summed E-state index contributed by atoms with van der Waals surface area (Å²) < 4.78 is 10.6. The monoisotopic (exact) mass is 271 g/mol. The zero-order valence-electron chi connectivity index (χ0n) is 11.6. The fourth-order valence-corrected chi connectivity index (χ4v) is 1.89. The third-order valence-corrected chi connectivity index (χ3v) is 2.99. The topological polar surface area (TPSA) is 61.5 Å². The molecule has 0 amide bonds. The molecule has 4 nitrogen and oxygen atoms in total. The largest absolute Gasteiger partial charge is 0.496 e. The molecule has 2 aromatic carbocycles. The Balaban J connectivity index is 2.05. The summed E-state index contributed by atoms with van der Waals surface area (Å²) in [4.78, 5) is 12.1. The van der Waals surface area contributed by atoms with E-state index in [4.69, 9.17) is 15.2 Å². The van der Waals surface area contributed by atoms with E-state index in [0.29, 0.717) is 17.0 Å². The molecule has 20 heavy (non-hydrogen) atoms. The first kappa shape index (κ1) is 13.9. The lowest BCUT2D eigenvalue weighted by Gasteiger charge is -2.09. The second-order valence-electron chi connectivity index (χ2n) is 4.43. The lowest BCUT2D eigenvalue weighted by molar-refractivity contribution is 0.0922. The van der Waals surface area contributed by atoms with Crippen molar-refractivity contribution in [2.24, 2.45) is 0 Å². The number of ether oxygens (including phenoxy) is 2. The maximum Gasteiger partial charge on any atom is 0.200 e. The molecule has 0 unspecified atom stereocenters. The number of hydrogen-bond acceptors (Lipinski definition) is 4. The Kier molecular flexibility index (Phi) is 4.25. The molecule has 0 saturated heterocycles. The molecular formula is C16H17NO3. The highest BCUT2D eigenvalue weighted by Crippen LogP contribution is 2.21. The molecule has 0 bridgehead atoms. The summed E-state index contributed by atoms with van der Waals surface area (Å²) in [5.41, 5.74) is 7.78. The quantitative estimate of drug-likeness (QED) is 0.671. The van der Waals surface area contributed by atoms with Gasteiger partial charge in [0, 0.05) is 5.56 Å². The van der Waals surface area contributed by atoms with Gasteiger partial charge >= 0.3 is 0 Å². The summed E-state index contributed by atoms with van der Waals surface area (Å²) in [6.07, 6.45) is 0. The minimum absolute atomic E-state index is 0.0417. The number of carbonyl (C=O) groups excluding carboxylic acids is 1. The Morgan fingerprint density at radius 3 is 2.55 bits per heavy atom. The predicted molar refractivity (Wildman–Crippen MR) is 78.4 cm³/mol. The summed E-state index contributed by atoms with van der Waals surface area (Å²) in [5, 5.41) is 0. The highest BCUT2D eigenvalue weighted by molar-refractivity contribution is 5.97. The molecule has 2 aromatic rings. The lowest BCUT2D eigenvalue weighted by Crippen LogP contribution is -2.12. The zero-order chi connectivity index (χ0) is 14.5. The molecule has 0 saturated carbocycles. The molecule has 0 fully saturated rings. The van der Waals surface area contributed by atoms with Crippen LogP contribution in [-0.4, -0.2) is 19.5 Å². The van der Waals surface area contributed by atoms with Gasteiger partial charge in [-0.2, -0.15) is 0 Å². The Bertz CT molecular complexity index is 623. The van der Waals surface area contributed by atoms with Crippen molar-refractivity contribution in [1.29, 1.82) is 0 Å². The van der Waals surface area contributed by atoms with E-state index in [0.717, 1.165) is 11.3 Å². The summed E-state index contributed by atoms with van der Waals surface area (Å²) in [5.74, 6) is 1.18. The van der Waals surface area contributed by atoms with E-state index in [1.54, 1.807) is 37.4 Å². The molecule has 0 atom stereocenters. The van der Waals surface area contributed by atoms with Crippen LogP contribution in [0.25, 0.3) is 0 Å². The summed E-state index contributed by atoms with van der Waals surface area (Å²) in [6, 6.07) is 12.4. The number of anilines is 1. The van der Waals surface area contributed by atoms with E-state index in [-0.39, 0.29) is 12.4 Å².